The fourth-order valence-corrected chi connectivity index (χ4v) is 2.24. The molecule has 13 heavy (non-hydrogen) atoms. The van der Waals surface area contributed by atoms with Gasteiger partial charge in [-0.2, -0.15) is 0 Å². The van der Waals surface area contributed by atoms with Crippen LogP contribution in [0.25, 0.3) is 0 Å². The van der Waals surface area contributed by atoms with Gasteiger partial charge in [0.2, 0.25) is 0 Å². The lowest BCUT2D eigenvalue weighted by Crippen LogP contribution is -2.39. The minimum Gasteiger partial charge on any atom is -0.390 e. The lowest BCUT2D eigenvalue weighted by Gasteiger charge is -2.33. The van der Waals surface area contributed by atoms with Crippen molar-refractivity contribution in [2.75, 3.05) is 13.1 Å². The summed E-state index contributed by atoms with van der Waals surface area (Å²) in [5.41, 5.74) is -0.253. The number of aliphatic hydroxyl groups is 1. The quantitative estimate of drug-likeness (QED) is 0.721. The molecule has 1 saturated heterocycles. The van der Waals surface area contributed by atoms with Crippen LogP contribution in [0.1, 0.15) is 45.4 Å². The van der Waals surface area contributed by atoms with Crippen LogP contribution in [0.4, 0.5) is 0 Å². The maximum absolute atomic E-state index is 9.72. The Morgan fingerprint density at radius 3 is 2.77 bits per heavy atom. The number of rotatable bonds is 3. The van der Waals surface area contributed by atoms with Crippen LogP contribution < -0.4 is 0 Å². The molecule has 2 aliphatic rings. The number of likely N-dealkylation sites (tertiary alicyclic amines) is 1. The molecule has 1 heterocycles. The molecule has 2 nitrogen and oxygen atoms in total. The van der Waals surface area contributed by atoms with Crippen LogP contribution in [0.3, 0.4) is 0 Å². The molecule has 1 aliphatic carbocycles. The van der Waals surface area contributed by atoms with Gasteiger partial charge >= 0.3 is 0 Å². The van der Waals surface area contributed by atoms with Crippen molar-refractivity contribution in [3.05, 3.63) is 0 Å². The molecule has 0 radical (unpaired) electrons. The molecule has 0 aromatic rings. The molecule has 1 atom stereocenters. The Bertz CT molecular complexity index is 177. The Morgan fingerprint density at radius 1 is 1.38 bits per heavy atom. The third-order valence-electron chi connectivity index (χ3n) is 3.63. The molecule has 0 spiro atoms. The molecule has 1 unspecified atom stereocenters. The van der Waals surface area contributed by atoms with E-state index in [-0.39, 0.29) is 5.60 Å². The van der Waals surface area contributed by atoms with Gasteiger partial charge in [0, 0.05) is 12.6 Å². The molecule has 0 aromatic carbocycles. The van der Waals surface area contributed by atoms with Crippen molar-refractivity contribution in [1.82, 2.24) is 4.90 Å². The lowest BCUT2D eigenvalue weighted by molar-refractivity contribution is 0.0946. The average Bonchev–Trinajstić information content (AvgIpc) is 2.83. The Balaban J connectivity index is 1.73. The van der Waals surface area contributed by atoms with Crippen LogP contribution in [-0.2, 0) is 0 Å². The molecule has 1 N–H and O–H groups in total. The van der Waals surface area contributed by atoms with E-state index in [1.54, 1.807) is 0 Å². The van der Waals surface area contributed by atoms with E-state index in [1.165, 1.54) is 25.8 Å². The molecule has 2 rings (SSSR count). The van der Waals surface area contributed by atoms with E-state index in [9.17, 15) is 5.11 Å². The van der Waals surface area contributed by atoms with Gasteiger partial charge in [0.05, 0.1) is 5.60 Å². The van der Waals surface area contributed by atoms with E-state index in [0.717, 1.165) is 31.8 Å². The zero-order valence-electron chi connectivity index (χ0n) is 8.63. The van der Waals surface area contributed by atoms with Crippen LogP contribution in [-0.4, -0.2) is 34.7 Å². The van der Waals surface area contributed by atoms with Gasteiger partial charge in [0.15, 0.2) is 0 Å². The molecule has 2 fully saturated rings. The minimum atomic E-state index is -0.253. The third-order valence-corrected chi connectivity index (χ3v) is 3.63. The molecule has 0 aromatic heterocycles. The van der Waals surface area contributed by atoms with Gasteiger partial charge in [-0.3, -0.25) is 0 Å². The average molecular weight is 183 g/mol. The standard InChI is InChI=1S/C11H21NO/c1-10-4-2-3-8-12(10)9-7-11(13)5-6-11/h10,13H,2-9H2,1H3. The molecule has 1 aliphatic heterocycles. The summed E-state index contributed by atoms with van der Waals surface area (Å²) in [6.45, 7) is 4.67. The van der Waals surface area contributed by atoms with Crippen molar-refractivity contribution in [2.45, 2.75) is 57.1 Å². The van der Waals surface area contributed by atoms with E-state index in [4.69, 9.17) is 0 Å². The van der Waals surface area contributed by atoms with Crippen LogP contribution in [0.15, 0.2) is 0 Å². The van der Waals surface area contributed by atoms with Crippen molar-refractivity contribution < 1.29 is 5.11 Å². The zero-order valence-corrected chi connectivity index (χ0v) is 8.63. The molecule has 0 amide bonds. The SMILES string of the molecule is CC1CCCCN1CCC1(O)CC1. The Kier molecular flexibility index (Phi) is 2.61. The third kappa shape index (κ3) is 2.44. The summed E-state index contributed by atoms with van der Waals surface area (Å²) in [5, 5.41) is 9.72. The van der Waals surface area contributed by atoms with Gasteiger partial charge in [0.25, 0.3) is 0 Å². The first-order valence-electron chi connectivity index (χ1n) is 5.66. The van der Waals surface area contributed by atoms with E-state index in [2.05, 4.69) is 11.8 Å². The maximum atomic E-state index is 9.72. The smallest absolute Gasteiger partial charge is 0.0662 e. The summed E-state index contributed by atoms with van der Waals surface area (Å²) in [6, 6.07) is 0.746. The summed E-state index contributed by atoms with van der Waals surface area (Å²) >= 11 is 0. The second kappa shape index (κ2) is 3.58. The summed E-state index contributed by atoms with van der Waals surface area (Å²) < 4.78 is 0. The topological polar surface area (TPSA) is 23.5 Å². The Morgan fingerprint density at radius 2 is 2.15 bits per heavy atom. The Labute approximate surface area is 80.9 Å². The number of nitrogens with zero attached hydrogens (tertiary/aromatic N) is 1. The number of hydrogen-bond donors (Lipinski definition) is 1. The predicted octanol–water partition coefficient (Wildman–Crippen LogP) is 1.78. The second-order valence-corrected chi connectivity index (χ2v) is 4.86. The highest BCUT2D eigenvalue weighted by Gasteiger charge is 2.40. The Hall–Kier alpha value is -0.0800. The minimum absolute atomic E-state index is 0.253. The van der Waals surface area contributed by atoms with Crippen LogP contribution >= 0.6 is 0 Å². The highest BCUT2D eigenvalue weighted by atomic mass is 16.3. The fraction of sp³-hybridized carbons (Fsp3) is 1.00. The monoisotopic (exact) mass is 183 g/mol. The summed E-state index contributed by atoms with van der Waals surface area (Å²) in [5.74, 6) is 0. The van der Waals surface area contributed by atoms with Gasteiger partial charge in [-0.25, -0.2) is 0 Å². The molecular formula is C11H21NO. The van der Waals surface area contributed by atoms with Crippen molar-refractivity contribution in [3.8, 4) is 0 Å². The number of piperidine rings is 1. The zero-order chi connectivity index (χ0) is 9.31. The summed E-state index contributed by atoms with van der Waals surface area (Å²) in [7, 11) is 0. The van der Waals surface area contributed by atoms with Gasteiger partial charge < -0.3 is 10.0 Å². The second-order valence-electron chi connectivity index (χ2n) is 4.86. The molecule has 76 valence electrons. The van der Waals surface area contributed by atoms with Crippen molar-refractivity contribution in [3.63, 3.8) is 0 Å². The summed E-state index contributed by atoms with van der Waals surface area (Å²) in [4.78, 5) is 2.54. The largest absolute Gasteiger partial charge is 0.390 e. The van der Waals surface area contributed by atoms with Crippen LogP contribution in [0.5, 0.6) is 0 Å². The van der Waals surface area contributed by atoms with E-state index in [0.29, 0.717) is 0 Å². The van der Waals surface area contributed by atoms with Crippen molar-refractivity contribution >= 4 is 0 Å². The fourth-order valence-electron chi connectivity index (χ4n) is 2.24. The van der Waals surface area contributed by atoms with Gasteiger partial charge in [-0.15, -0.1) is 0 Å². The van der Waals surface area contributed by atoms with Crippen LogP contribution in [0, 0.1) is 0 Å². The molecule has 2 heteroatoms. The highest BCUT2D eigenvalue weighted by Crippen LogP contribution is 2.38. The van der Waals surface area contributed by atoms with Crippen LogP contribution in [0.2, 0.25) is 0 Å². The normalized spacial score (nSPS) is 33.2. The maximum Gasteiger partial charge on any atom is 0.0662 e. The van der Waals surface area contributed by atoms with E-state index < -0.39 is 0 Å². The highest BCUT2D eigenvalue weighted by molar-refractivity contribution is 4.94. The molecular weight excluding hydrogens is 162 g/mol. The van der Waals surface area contributed by atoms with Gasteiger partial charge in [0.1, 0.15) is 0 Å². The predicted molar refractivity (Wildman–Crippen MR) is 53.7 cm³/mol. The van der Waals surface area contributed by atoms with Gasteiger partial charge in [-0.1, -0.05) is 6.42 Å². The summed E-state index contributed by atoms with van der Waals surface area (Å²) in [6.07, 6.45) is 7.16. The lowest BCUT2D eigenvalue weighted by atomic mass is 10.0. The first-order valence-corrected chi connectivity index (χ1v) is 5.66. The van der Waals surface area contributed by atoms with Crippen molar-refractivity contribution in [2.24, 2.45) is 0 Å². The molecule has 0 bridgehead atoms. The first-order chi connectivity index (χ1) is 6.20. The van der Waals surface area contributed by atoms with E-state index >= 15 is 0 Å². The van der Waals surface area contributed by atoms with Gasteiger partial charge in [-0.05, 0) is 45.6 Å². The van der Waals surface area contributed by atoms with E-state index in [1.807, 2.05) is 0 Å². The first kappa shape index (κ1) is 9.47. The van der Waals surface area contributed by atoms with Crippen molar-refractivity contribution in [1.29, 1.82) is 0 Å². The molecule has 1 saturated carbocycles. The number of hydrogen-bond acceptors (Lipinski definition) is 2.